The van der Waals surface area contributed by atoms with Crippen LogP contribution in [0.4, 0.5) is 18.0 Å². The van der Waals surface area contributed by atoms with Crippen LogP contribution in [0.3, 0.4) is 0 Å². The van der Waals surface area contributed by atoms with E-state index in [2.05, 4.69) is 10.6 Å². The van der Waals surface area contributed by atoms with Gasteiger partial charge in [0.05, 0.1) is 18.6 Å². The number of urea groups is 1. The van der Waals surface area contributed by atoms with Crippen LogP contribution in [-0.4, -0.2) is 37.5 Å². The van der Waals surface area contributed by atoms with Gasteiger partial charge in [-0.25, -0.2) is 4.79 Å². The maximum Gasteiger partial charge on any atom is 0.391 e. The zero-order chi connectivity index (χ0) is 15.2. The van der Waals surface area contributed by atoms with Crippen LogP contribution in [-0.2, 0) is 4.74 Å². The van der Waals surface area contributed by atoms with Crippen LogP contribution in [0.5, 0.6) is 0 Å². The van der Waals surface area contributed by atoms with E-state index in [4.69, 9.17) is 4.74 Å². The summed E-state index contributed by atoms with van der Waals surface area (Å²) in [5.41, 5.74) is 0. The third-order valence-corrected chi connectivity index (χ3v) is 3.36. The molecule has 0 aromatic carbocycles. The minimum Gasteiger partial charge on any atom is -0.377 e. The van der Waals surface area contributed by atoms with Crippen molar-refractivity contribution in [2.45, 2.75) is 57.9 Å². The molecule has 0 saturated heterocycles. The normalized spacial score (nSPS) is 23.7. The Labute approximate surface area is 117 Å². The molecule has 7 heteroatoms. The summed E-state index contributed by atoms with van der Waals surface area (Å²) in [4.78, 5) is 11.5. The number of halogens is 3. The number of amides is 2. The van der Waals surface area contributed by atoms with Gasteiger partial charge in [0, 0.05) is 12.6 Å². The molecule has 2 amide bonds. The van der Waals surface area contributed by atoms with Crippen molar-refractivity contribution in [1.29, 1.82) is 0 Å². The molecule has 1 aliphatic rings. The van der Waals surface area contributed by atoms with E-state index in [0.29, 0.717) is 26.0 Å². The summed E-state index contributed by atoms with van der Waals surface area (Å²) in [5.74, 6) is -1.22. The molecule has 0 heterocycles. The third-order valence-electron chi connectivity index (χ3n) is 3.36. The maximum absolute atomic E-state index is 12.5. The topological polar surface area (TPSA) is 50.4 Å². The molecule has 1 aliphatic carbocycles. The highest BCUT2D eigenvalue weighted by Gasteiger charge is 2.41. The third kappa shape index (κ3) is 6.45. The summed E-state index contributed by atoms with van der Waals surface area (Å²) in [6.07, 6.45) is -3.07. The summed E-state index contributed by atoms with van der Waals surface area (Å²) in [6, 6.07) is -0.507. The molecule has 0 unspecified atom stereocenters. The van der Waals surface area contributed by atoms with E-state index in [1.165, 1.54) is 0 Å². The molecule has 0 atom stereocenters. The molecule has 0 aliphatic heterocycles. The highest BCUT2D eigenvalue weighted by molar-refractivity contribution is 5.74. The van der Waals surface area contributed by atoms with Gasteiger partial charge >= 0.3 is 12.2 Å². The van der Waals surface area contributed by atoms with Gasteiger partial charge in [0.25, 0.3) is 0 Å². The van der Waals surface area contributed by atoms with Crippen molar-refractivity contribution in [1.82, 2.24) is 10.6 Å². The number of carbonyl (C=O) groups excluding carboxylic acids is 1. The Hall–Kier alpha value is -0.980. The summed E-state index contributed by atoms with van der Waals surface area (Å²) in [7, 11) is 0. The number of ether oxygens (including phenoxy) is 1. The van der Waals surface area contributed by atoms with Crippen molar-refractivity contribution < 1.29 is 22.7 Å². The SMILES string of the molecule is CC(C)OCCNC(=O)NC1CCC(C(F)(F)F)CC1. The number of hydrogen-bond acceptors (Lipinski definition) is 2. The lowest BCUT2D eigenvalue weighted by atomic mass is 9.86. The van der Waals surface area contributed by atoms with Crippen LogP contribution in [0, 0.1) is 5.92 Å². The second kappa shape index (κ2) is 7.71. The van der Waals surface area contributed by atoms with E-state index in [1.54, 1.807) is 0 Å². The van der Waals surface area contributed by atoms with E-state index in [9.17, 15) is 18.0 Å². The Bertz CT molecular complexity index is 300. The molecule has 0 radical (unpaired) electrons. The predicted octanol–water partition coefficient (Wildman–Crippen LogP) is 2.83. The molecule has 0 bridgehead atoms. The van der Waals surface area contributed by atoms with Crippen molar-refractivity contribution >= 4 is 6.03 Å². The van der Waals surface area contributed by atoms with Gasteiger partial charge in [-0.3, -0.25) is 0 Å². The smallest absolute Gasteiger partial charge is 0.377 e. The minimum absolute atomic E-state index is 0.0882. The van der Waals surface area contributed by atoms with Crippen LogP contribution >= 0.6 is 0 Å². The average molecular weight is 296 g/mol. The molecule has 4 nitrogen and oxygen atoms in total. The Kier molecular flexibility index (Phi) is 6.58. The highest BCUT2D eigenvalue weighted by Crippen LogP contribution is 2.37. The molecule has 1 rings (SSSR count). The molecule has 2 N–H and O–H groups in total. The maximum atomic E-state index is 12.5. The van der Waals surface area contributed by atoms with E-state index in [1.807, 2.05) is 13.8 Å². The van der Waals surface area contributed by atoms with Gasteiger partial charge in [0.1, 0.15) is 0 Å². The molecule has 1 fully saturated rings. The van der Waals surface area contributed by atoms with Gasteiger partial charge in [-0.1, -0.05) is 0 Å². The molecular weight excluding hydrogens is 273 g/mol. The first-order chi connectivity index (χ1) is 9.29. The lowest BCUT2D eigenvalue weighted by Crippen LogP contribution is -2.45. The monoisotopic (exact) mass is 296 g/mol. The fraction of sp³-hybridized carbons (Fsp3) is 0.923. The lowest BCUT2D eigenvalue weighted by molar-refractivity contribution is -0.182. The number of rotatable bonds is 5. The molecular formula is C13H23F3N2O2. The zero-order valence-electron chi connectivity index (χ0n) is 11.9. The second-order valence-electron chi connectivity index (χ2n) is 5.41. The summed E-state index contributed by atoms with van der Waals surface area (Å²) in [6.45, 7) is 4.62. The quantitative estimate of drug-likeness (QED) is 0.766. The fourth-order valence-electron chi connectivity index (χ4n) is 2.26. The van der Waals surface area contributed by atoms with Crippen LogP contribution in [0.15, 0.2) is 0 Å². The second-order valence-corrected chi connectivity index (χ2v) is 5.41. The molecule has 1 saturated carbocycles. The van der Waals surface area contributed by atoms with E-state index in [-0.39, 0.29) is 31.0 Å². The number of carbonyl (C=O) groups is 1. The van der Waals surface area contributed by atoms with Crippen molar-refractivity contribution in [3.8, 4) is 0 Å². The molecule has 20 heavy (non-hydrogen) atoms. The van der Waals surface area contributed by atoms with E-state index >= 15 is 0 Å². The number of hydrogen-bond donors (Lipinski definition) is 2. The Balaban J connectivity index is 2.15. The largest absolute Gasteiger partial charge is 0.391 e. The average Bonchev–Trinajstić information content (AvgIpc) is 2.34. The van der Waals surface area contributed by atoms with Crippen LogP contribution in [0.1, 0.15) is 39.5 Å². The van der Waals surface area contributed by atoms with Crippen LogP contribution in [0.25, 0.3) is 0 Å². The van der Waals surface area contributed by atoms with Gasteiger partial charge in [-0.05, 0) is 39.5 Å². The van der Waals surface area contributed by atoms with Gasteiger partial charge in [-0.15, -0.1) is 0 Å². The van der Waals surface area contributed by atoms with Crippen molar-refractivity contribution in [3.63, 3.8) is 0 Å². The Morgan fingerprint density at radius 1 is 1.25 bits per heavy atom. The van der Waals surface area contributed by atoms with Crippen molar-refractivity contribution in [2.24, 2.45) is 5.92 Å². The number of alkyl halides is 3. The van der Waals surface area contributed by atoms with Gasteiger partial charge < -0.3 is 15.4 Å². The standard InChI is InChI=1S/C13H23F3N2O2/c1-9(2)20-8-7-17-12(19)18-11-5-3-10(4-6-11)13(14,15)16/h9-11H,3-8H2,1-2H3,(H2,17,18,19). The zero-order valence-corrected chi connectivity index (χ0v) is 11.9. The first-order valence-electron chi connectivity index (χ1n) is 7.01. The minimum atomic E-state index is -4.11. The Morgan fingerprint density at radius 3 is 2.35 bits per heavy atom. The van der Waals surface area contributed by atoms with E-state index < -0.39 is 12.1 Å². The molecule has 0 spiro atoms. The van der Waals surface area contributed by atoms with Crippen LogP contribution in [0.2, 0.25) is 0 Å². The first kappa shape index (κ1) is 17.1. The Morgan fingerprint density at radius 2 is 1.85 bits per heavy atom. The molecule has 0 aromatic rings. The van der Waals surface area contributed by atoms with E-state index in [0.717, 1.165) is 0 Å². The fourth-order valence-corrected chi connectivity index (χ4v) is 2.26. The lowest BCUT2D eigenvalue weighted by Gasteiger charge is -2.30. The summed E-state index contributed by atoms with van der Waals surface area (Å²) >= 11 is 0. The predicted molar refractivity (Wildman–Crippen MR) is 69.4 cm³/mol. The molecule has 118 valence electrons. The van der Waals surface area contributed by atoms with Gasteiger partial charge in [0.15, 0.2) is 0 Å². The summed E-state index contributed by atoms with van der Waals surface area (Å²) in [5, 5.41) is 5.34. The van der Waals surface area contributed by atoms with Gasteiger partial charge in [-0.2, -0.15) is 13.2 Å². The molecule has 0 aromatic heterocycles. The highest BCUT2D eigenvalue weighted by atomic mass is 19.4. The first-order valence-corrected chi connectivity index (χ1v) is 7.01. The van der Waals surface area contributed by atoms with Crippen molar-refractivity contribution in [3.05, 3.63) is 0 Å². The van der Waals surface area contributed by atoms with Gasteiger partial charge in [0.2, 0.25) is 0 Å². The summed E-state index contributed by atoms with van der Waals surface area (Å²) < 4.78 is 42.7. The van der Waals surface area contributed by atoms with Crippen LogP contribution < -0.4 is 10.6 Å². The number of nitrogens with one attached hydrogen (secondary N) is 2. The van der Waals surface area contributed by atoms with Crippen molar-refractivity contribution in [2.75, 3.05) is 13.2 Å².